The van der Waals surface area contributed by atoms with E-state index in [4.69, 9.17) is 18.9 Å². The number of esters is 2. The van der Waals surface area contributed by atoms with Gasteiger partial charge in [0.1, 0.15) is 36.8 Å². The number of aliphatic hydroxyl groups excluding tert-OH is 3. The van der Waals surface area contributed by atoms with Crippen LogP contribution in [-0.4, -0.2) is 96.0 Å². The molecule has 12 nitrogen and oxygen atoms in total. The highest BCUT2D eigenvalue weighted by molar-refractivity contribution is 7.85. The number of rotatable bonds is 41. The first kappa shape index (κ1) is 57.2. The van der Waals surface area contributed by atoms with Crippen LogP contribution in [-0.2, 0) is 38.7 Å². The van der Waals surface area contributed by atoms with Crippen LogP contribution in [0.15, 0.2) is 17.9 Å². The molecule has 2 unspecified atom stereocenters. The standard InChI is InChI=1S/C48H88O12S/c1-3-5-7-9-11-13-15-17-19-20-21-23-25-27-29-31-33-35-37-44(50)59-41(39-58-48-47(53)46(52)45(51)42(60-48)40-61(54,55)56)38-57-43(49)36-34-32-30-28-26-24-22-18-16-14-12-10-8-6-4-2/h16,22,41-42,45-48,51-53H,3-15,17,19-21,23-40H2,1-2H3,(H,54,55,56)/t18?,41-,42-,45-,46?,47?,48+/m1/s1. The minimum Gasteiger partial charge on any atom is -0.462 e. The number of unbranched alkanes of at least 4 members (excludes halogenated alkanes) is 27. The van der Waals surface area contributed by atoms with Gasteiger partial charge in [0.2, 0.25) is 0 Å². The van der Waals surface area contributed by atoms with Crippen molar-refractivity contribution in [1.29, 1.82) is 0 Å². The number of hydrogen-bond acceptors (Lipinski definition) is 11. The van der Waals surface area contributed by atoms with Crippen molar-refractivity contribution in [2.45, 2.75) is 256 Å². The molecule has 13 heteroatoms. The first-order chi connectivity index (χ1) is 29.5. The highest BCUT2D eigenvalue weighted by Gasteiger charge is 2.46. The molecule has 1 saturated heterocycles. The lowest BCUT2D eigenvalue weighted by Crippen LogP contribution is -2.60. The summed E-state index contributed by atoms with van der Waals surface area (Å²) in [6.07, 6.45) is 30.3. The molecule has 0 aromatic rings. The average molecular weight is 889 g/mol. The van der Waals surface area contributed by atoms with Gasteiger partial charge in [0.15, 0.2) is 12.4 Å². The van der Waals surface area contributed by atoms with Gasteiger partial charge in [0, 0.05) is 12.8 Å². The second-order valence-corrected chi connectivity index (χ2v) is 18.7. The Bertz CT molecular complexity index is 1240. The molecule has 0 radical (unpaired) electrons. The van der Waals surface area contributed by atoms with Crippen molar-refractivity contribution in [2.75, 3.05) is 19.0 Å². The van der Waals surface area contributed by atoms with E-state index in [2.05, 4.69) is 31.7 Å². The summed E-state index contributed by atoms with van der Waals surface area (Å²) in [6, 6.07) is 0. The molecule has 1 rings (SSSR count). The number of carbonyl (C=O) groups is 2. The van der Waals surface area contributed by atoms with Crippen LogP contribution in [0.3, 0.4) is 0 Å². The molecule has 1 aliphatic rings. The van der Waals surface area contributed by atoms with Crippen molar-refractivity contribution < 1.29 is 56.8 Å². The van der Waals surface area contributed by atoms with Crippen molar-refractivity contribution in [3.63, 3.8) is 0 Å². The topological polar surface area (TPSA) is 186 Å². The summed E-state index contributed by atoms with van der Waals surface area (Å²) >= 11 is 0. The van der Waals surface area contributed by atoms with E-state index in [9.17, 15) is 37.9 Å². The second kappa shape index (κ2) is 38.6. The maximum Gasteiger partial charge on any atom is 0.306 e. The van der Waals surface area contributed by atoms with Crippen molar-refractivity contribution in [3.05, 3.63) is 17.9 Å². The molecule has 0 amide bonds. The molecule has 0 aliphatic carbocycles. The quantitative estimate of drug-likeness (QED) is 0.0197. The Balaban J connectivity index is 2.41. The molecule has 1 aliphatic heterocycles. The summed E-state index contributed by atoms with van der Waals surface area (Å²) in [5, 5.41) is 30.9. The lowest BCUT2D eigenvalue weighted by molar-refractivity contribution is -0.297. The van der Waals surface area contributed by atoms with E-state index in [0.717, 1.165) is 57.8 Å². The minimum atomic E-state index is -4.60. The lowest BCUT2D eigenvalue weighted by Gasteiger charge is -2.40. The zero-order valence-corrected chi connectivity index (χ0v) is 39.1. The fraction of sp³-hybridized carbons (Fsp3) is 0.896. The van der Waals surface area contributed by atoms with Crippen LogP contribution in [0.1, 0.15) is 219 Å². The van der Waals surface area contributed by atoms with Gasteiger partial charge in [-0.3, -0.25) is 14.1 Å². The van der Waals surface area contributed by atoms with Crippen LogP contribution in [0, 0.1) is 0 Å². The molecule has 61 heavy (non-hydrogen) atoms. The van der Waals surface area contributed by atoms with E-state index >= 15 is 0 Å². The first-order valence-corrected chi connectivity index (χ1v) is 26.1. The number of aliphatic hydroxyl groups is 3. The van der Waals surface area contributed by atoms with Crippen LogP contribution in [0.4, 0.5) is 0 Å². The number of allylic oxidation sites excluding steroid dienone is 1. The number of ether oxygens (including phenoxy) is 4. The van der Waals surface area contributed by atoms with Gasteiger partial charge in [0.25, 0.3) is 10.1 Å². The Hall–Kier alpha value is -1.83. The largest absolute Gasteiger partial charge is 0.462 e. The molecule has 6 atom stereocenters. The summed E-state index contributed by atoms with van der Waals surface area (Å²) < 4.78 is 54.1. The highest BCUT2D eigenvalue weighted by Crippen LogP contribution is 2.24. The van der Waals surface area contributed by atoms with Gasteiger partial charge >= 0.3 is 11.9 Å². The molecule has 358 valence electrons. The van der Waals surface area contributed by atoms with Crippen LogP contribution < -0.4 is 0 Å². The van der Waals surface area contributed by atoms with Gasteiger partial charge < -0.3 is 34.3 Å². The van der Waals surface area contributed by atoms with E-state index in [0.29, 0.717) is 12.8 Å². The normalized spacial score (nSPS) is 19.6. The summed E-state index contributed by atoms with van der Waals surface area (Å²) in [5.41, 5.74) is 3.28. The monoisotopic (exact) mass is 889 g/mol. The van der Waals surface area contributed by atoms with E-state index < -0.39 is 71.2 Å². The molecule has 1 heterocycles. The van der Waals surface area contributed by atoms with Gasteiger partial charge in [-0.25, -0.2) is 0 Å². The molecule has 0 aromatic carbocycles. The van der Waals surface area contributed by atoms with Gasteiger partial charge in [-0.05, 0) is 50.7 Å². The lowest BCUT2D eigenvalue weighted by atomic mass is 10.00. The zero-order valence-electron chi connectivity index (χ0n) is 38.3. The fourth-order valence-corrected chi connectivity index (χ4v) is 8.23. The Morgan fingerprint density at radius 3 is 1.43 bits per heavy atom. The summed E-state index contributed by atoms with van der Waals surface area (Å²) in [4.78, 5) is 25.5. The second-order valence-electron chi connectivity index (χ2n) is 17.2. The van der Waals surface area contributed by atoms with Crippen molar-refractivity contribution in [1.82, 2.24) is 0 Å². The van der Waals surface area contributed by atoms with Gasteiger partial charge in [-0.15, -0.1) is 5.73 Å². The zero-order chi connectivity index (χ0) is 44.8. The Morgan fingerprint density at radius 2 is 0.984 bits per heavy atom. The molecule has 4 N–H and O–H groups in total. The molecule has 1 fully saturated rings. The number of carbonyl (C=O) groups excluding carboxylic acids is 2. The summed E-state index contributed by atoms with van der Waals surface area (Å²) in [7, 11) is -4.60. The SMILES string of the molecule is CCCCCCCC=C=CCCCCCCCC(=O)OC[C@H](CO[C@H]1O[C@H](CS(=O)(=O)O)[C@@H](O)C(O)C1O)OC(=O)CCCCCCCCCCCCCCCCCCCC. The maximum atomic E-state index is 12.8. The Morgan fingerprint density at radius 1 is 0.574 bits per heavy atom. The van der Waals surface area contributed by atoms with Gasteiger partial charge in [0.05, 0.1) is 6.61 Å². The predicted octanol–water partition coefficient (Wildman–Crippen LogP) is 10.4. The smallest absolute Gasteiger partial charge is 0.306 e. The van der Waals surface area contributed by atoms with E-state index in [1.807, 2.05) is 0 Å². The summed E-state index contributed by atoms with van der Waals surface area (Å²) in [5.74, 6) is -1.99. The first-order valence-electron chi connectivity index (χ1n) is 24.5. The number of hydrogen-bond donors (Lipinski definition) is 4. The van der Waals surface area contributed by atoms with Crippen LogP contribution in [0.5, 0.6) is 0 Å². The predicted molar refractivity (Wildman–Crippen MR) is 242 cm³/mol. The Kier molecular flexibility index (Phi) is 36.2. The van der Waals surface area contributed by atoms with E-state index in [1.54, 1.807) is 0 Å². The molecule has 0 bridgehead atoms. The minimum absolute atomic E-state index is 0.165. The molecular formula is C48H88O12S. The van der Waals surface area contributed by atoms with Crippen LogP contribution in [0.25, 0.3) is 0 Å². The van der Waals surface area contributed by atoms with Crippen LogP contribution in [0.2, 0.25) is 0 Å². The molecule has 0 saturated carbocycles. The van der Waals surface area contributed by atoms with E-state index in [-0.39, 0.29) is 19.4 Å². The highest BCUT2D eigenvalue weighted by atomic mass is 32.2. The average Bonchev–Trinajstić information content (AvgIpc) is 3.22. The van der Waals surface area contributed by atoms with Gasteiger partial charge in [-0.1, -0.05) is 168 Å². The molecular weight excluding hydrogens is 801 g/mol. The van der Waals surface area contributed by atoms with Gasteiger partial charge in [-0.2, -0.15) is 8.42 Å². The third kappa shape index (κ3) is 33.4. The van der Waals surface area contributed by atoms with Crippen LogP contribution >= 0.6 is 0 Å². The van der Waals surface area contributed by atoms with Crippen molar-refractivity contribution in [3.8, 4) is 0 Å². The van der Waals surface area contributed by atoms with Crippen molar-refractivity contribution >= 4 is 22.1 Å². The molecule has 0 spiro atoms. The van der Waals surface area contributed by atoms with E-state index in [1.165, 1.54) is 122 Å². The third-order valence-electron chi connectivity index (χ3n) is 11.4. The summed E-state index contributed by atoms with van der Waals surface area (Å²) in [6.45, 7) is 3.75. The molecule has 0 aromatic heterocycles. The fourth-order valence-electron chi connectivity index (χ4n) is 7.54. The maximum absolute atomic E-state index is 12.8. The Labute approximate surface area is 370 Å². The third-order valence-corrected chi connectivity index (χ3v) is 12.1. The van der Waals surface area contributed by atoms with Crippen molar-refractivity contribution in [2.24, 2.45) is 0 Å².